The summed E-state index contributed by atoms with van der Waals surface area (Å²) in [5.74, 6) is 5.05. The standard InChI is InChI=1S/C11H13FN2O/c1-14(13)10(15)11(6-7-11)8-2-4-9(12)5-3-8/h2-5H,6-7,13H2,1H3. The molecular weight excluding hydrogens is 195 g/mol. The first-order chi connectivity index (χ1) is 7.06. The fourth-order valence-electron chi connectivity index (χ4n) is 1.86. The maximum Gasteiger partial charge on any atom is 0.246 e. The summed E-state index contributed by atoms with van der Waals surface area (Å²) in [7, 11) is 1.53. The number of benzene rings is 1. The average molecular weight is 208 g/mol. The minimum absolute atomic E-state index is 0.103. The third kappa shape index (κ3) is 1.61. The highest BCUT2D eigenvalue weighted by molar-refractivity contribution is 5.90. The van der Waals surface area contributed by atoms with Crippen LogP contribution in [0.2, 0.25) is 0 Å². The van der Waals surface area contributed by atoms with Gasteiger partial charge in [0.1, 0.15) is 5.82 Å². The lowest BCUT2D eigenvalue weighted by molar-refractivity contribution is -0.132. The fourth-order valence-corrected chi connectivity index (χ4v) is 1.86. The number of hydrazine groups is 1. The van der Waals surface area contributed by atoms with Gasteiger partial charge in [-0.1, -0.05) is 12.1 Å². The molecule has 1 aliphatic rings. The zero-order chi connectivity index (χ0) is 11.1. The van der Waals surface area contributed by atoms with Crippen molar-refractivity contribution in [3.63, 3.8) is 0 Å². The first kappa shape index (κ1) is 10.1. The Hall–Kier alpha value is -1.42. The second kappa shape index (κ2) is 3.31. The van der Waals surface area contributed by atoms with E-state index in [1.807, 2.05) is 0 Å². The summed E-state index contributed by atoms with van der Waals surface area (Å²) in [4.78, 5) is 11.8. The maximum atomic E-state index is 12.7. The molecule has 0 radical (unpaired) electrons. The molecule has 0 bridgehead atoms. The van der Waals surface area contributed by atoms with Crippen LogP contribution in [0.1, 0.15) is 18.4 Å². The normalized spacial score (nSPS) is 17.3. The van der Waals surface area contributed by atoms with Gasteiger partial charge in [-0.15, -0.1) is 0 Å². The highest BCUT2D eigenvalue weighted by atomic mass is 19.1. The molecule has 0 aromatic heterocycles. The Balaban J connectivity index is 2.30. The number of likely N-dealkylation sites (N-methyl/N-ethyl adjacent to an activating group) is 1. The molecule has 0 aliphatic heterocycles. The molecule has 0 unspecified atom stereocenters. The third-order valence-corrected chi connectivity index (χ3v) is 2.88. The smallest absolute Gasteiger partial charge is 0.246 e. The Morgan fingerprint density at radius 3 is 2.33 bits per heavy atom. The van der Waals surface area contributed by atoms with Crippen LogP contribution in [0.25, 0.3) is 0 Å². The maximum absolute atomic E-state index is 12.7. The average Bonchev–Trinajstić information content (AvgIpc) is 2.99. The lowest BCUT2D eigenvalue weighted by atomic mass is 9.95. The minimum Gasteiger partial charge on any atom is -0.283 e. The Kier molecular flexibility index (Phi) is 2.23. The van der Waals surface area contributed by atoms with E-state index in [4.69, 9.17) is 5.84 Å². The molecule has 1 saturated carbocycles. The van der Waals surface area contributed by atoms with Crippen molar-refractivity contribution in [3.8, 4) is 0 Å². The Bertz CT molecular complexity index is 382. The van der Waals surface area contributed by atoms with Gasteiger partial charge in [0.25, 0.3) is 0 Å². The molecule has 1 aliphatic carbocycles. The number of nitrogens with two attached hydrogens (primary N) is 1. The van der Waals surface area contributed by atoms with Gasteiger partial charge in [0.05, 0.1) is 5.41 Å². The highest BCUT2D eigenvalue weighted by Gasteiger charge is 2.52. The van der Waals surface area contributed by atoms with Crippen LogP contribution < -0.4 is 5.84 Å². The summed E-state index contributed by atoms with van der Waals surface area (Å²) < 4.78 is 12.7. The Labute approximate surface area is 87.6 Å². The van der Waals surface area contributed by atoms with Gasteiger partial charge in [0.15, 0.2) is 0 Å². The molecule has 1 aromatic rings. The second-order valence-corrected chi connectivity index (χ2v) is 4.01. The molecule has 1 fully saturated rings. The summed E-state index contributed by atoms with van der Waals surface area (Å²) in [6, 6.07) is 6.06. The summed E-state index contributed by atoms with van der Waals surface area (Å²) >= 11 is 0. The highest BCUT2D eigenvalue weighted by Crippen LogP contribution is 2.49. The summed E-state index contributed by atoms with van der Waals surface area (Å²) in [5.41, 5.74) is 0.364. The van der Waals surface area contributed by atoms with Gasteiger partial charge in [0, 0.05) is 7.05 Å². The zero-order valence-electron chi connectivity index (χ0n) is 8.53. The summed E-state index contributed by atoms with van der Waals surface area (Å²) in [5, 5.41) is 1.11. The van der Waals surface area contributed by atoms with Gasteiger partial charge in [-0.2, -0.15) is 0 Å². The zero-order valence-corrected chi connectivity index (χ0v) is 8.53. The lowest BCUT2D eigenvalue weighted by Gasteiger charge is -2.19. The van der Waals surface area contributed by atoms with Gasteiger partial charge in [-0.25, -0.2) is 10.2 Å². The van der Waals surface area contributed by atoms with Crippen molar-refractivity contribution in [1.82, 2.24) is 5.01 Å². The number of hydrogen-bond acceptors (Lipinski definition) is 2. The van der Waals surface area contributed by atoms with Gasteiger partial charge in [0.2, 0.25) is 5.91 Å². The molecule has 1 aromatic carbocycles. The predicted octanol–water partition coefficient (Wildman–Crippen LogP) is 1.19. The molecular formula is C11H13FN2O. The number of rotatable bonds is 2. The van der Waals surface area contributed by atoms with E-state index in [0.29, 0.717) is 0 Å². The summed E-state index contributed by atoms with van der Waals surface area (Å²) in [6.45, 7) is 0. The molecule has 4 heteroatoms. The Morgan fingerprint density at radius 1 is 1.40 bits per heavy atom. The lowest BCUT2D eigenvalue weighted by Crippen LogP contribution is -2.41. The van der Waals surface area contributed by atoms with E-state index in [1.54, 1.807) is 12.1 Å². The summed E-state index contributed by atoms with van der Waals surface area (Å²) in [6.07, 6.45) is 1.58. The van der Waals surface area contributed by atoms with Crippen molar-refractivity contribution in [1.29, 1.82) is 0 Å². The number of carbonyl (C=O) groups excluding carboxylic acids is 1. The van der Waals surface area contributed by atoms with Crippen LogP contribution in [0.15, 0.2) is 24.3 Å². The van der Waals surface area contributed by atoms with Crippen molar-refractivity contribution in [2.45, 2.75) is 18.3 Å². The van der Waals surface area contributed by atoms with Crippen molar-refractivity contribution in [2.75, 3.05) is 7.05 Å². The van der Waals surface area contributed by atoms with E-state index in [-0.39, 0.29) is 11.7 Å². The van der Waals surface area contributed by atoms with Crippen LogP contribution in [0.4, 0.5) is 4.39 Å². The number of halogens is 1. The van der Waals surface area contributed by atoms with Crippen molar-refractivity contribution < 1.29 is 9.18 Å². The van der Waals surface area contributed by atoms with E-state index in [1.165, 1.54) is 19.2 Å². The van der Waals surface area contributed by atoms with Crippen molar-refractivity contribution in [3.05, 3.63) is 35.6 Å². The first-order valence-corrected chi connectivity index (χ1v) is 4.85. The van der Waals surface area contributed by atoms with Gasteiger partial charge >= 0.3 is 0 Å². The van der Waals surface area contributed by atoms with Crippen LogP contribution in [0.3, 0.4) is 0 Å². The molecule has 3 nitrogen and oxygen atoms in total. The Morgan fingerprint density at radius 2 is 1.93 bits per heavy atom. The number of amides is 1. The molecule has 2 rings (SSSR count). The number of nitrogens with zero attached hydrogens (tertiary/aromatic N) is 1. The van der Waals surface area contributed by atoms with Gasteiger partial charge in [-0.3, -0.25) is 9.80 Å². The fraction of sp³-hybridized carbons (Fsp3) is 0.364. The molecule has 15 heavy (non-hydrogen) atoms. The van der Waals surface area contributed by atoms with Crippen molar-refractivity contribution in [2.24, 2.45) is 5.84 Å². The SMILES string of the molecule is CN(N)C(=O)C1(c2ccc(F)cc2)CC1. The third-order valence-electron chi connectivity index (χ3n) is 2.88. The number of hydrogen-bond donors (Lipinski definition) is 1. The van der Waals surface area contributed by atoms with E-state index in [2.05, 4.69) is 0 Å². The molecule has 0 spiro atoms. The van der Waals surface area contributed by atoms with Crippen LogP contribution in [0, 0.1) is 5.82 Å². The predicted molar refractivity (Wildman–Crippen MR) is 54.3 cm³/mol. The topological polar surface area (TPSA) is 46.3 Å². The molecule has 0 heterocycles. The van der Waals surface area contributed by atoms with Crippen LogP contribution >= 0.6 is 0 Å². The van der Waals surface area contributed by atoms with Gasteiger partial charge in [-0.05, 0) is 30.5 Å². The first-order valence-electron chi connectivity index (χ1n) is 4.85. The van der Waals surface area contributed by atoms with E-state index >= 15 is 0 Å². The molecule has 1 amide bonds. The van der Waals surface area contributed by atoms with Crippen LogP contribution in [-0.4, -0.2) is 18.0 Å². The van der Waals surface area contributed by atoms with Crippen molar-refractivity contribution >= 4 is 5.91 Å². The second-order valence-electron chi connectivity index (χ2n) is 4.01. The monoisotopic (exact) mass is 208 g/mol. The van der Waals surface area contributed by atoms with Crippen LogP contribution in [0.5, 0.6) is 0 Å². The number of carbonyl (C=O) groups is 1. The molecule has 2 N–H and O–H groups in total. The van der Waals surface area contributed by atoms with E-state index < -0.39 is 5.41 Å². The van der Waals surface area contributed by atoms with E-state index in [9.17, 15) is 9.18 Å². The molecule has 0 saturated heterocycles. The largest absolute Gasteiger partial charge is 0.283 e. The minimum atomic E-state index is -0.489. The van der Waals surface area contributed by atoms with Gasteiger partial charge < -0.3 is 0 Å². The van der Waals surface area contributed by atoms with Crippen LogP contribution in [-0.2, 0) is 10.2 Å². The molecule has 0 atom stereocenters. The quantitative estimate of drug-likeness (QED) is 0.451. The molecule has 80 valence electrons. The van der Waals surface area contributed by atoms with E-state index in [0.717, 1.165) is 23.4 Å².